The van der Waals surface area contributed by atoms with E-state index in [4.69, 9.17) is 0 Å². The van der Waals surface area contributed by atoms with Gasteiger partial charge in [0.05, 0.1) is 17.3 Å². The number of hydrogen-bond acceptors (Lipinski definition) is 4. The average molecular weight is 342 g/mol. The van der Waals surface area contributed by atoms with Crippen molar-refractivity contribution in [3.63, 3.8) is 0 Å². The molecular weight excluding hydrogens is 329 g/mol. The van der Waals surface area contributed by atoms with Crippen LogP contribution in [0.1, 0.15) is 24.6 Å². The van der Waals surface area contributed by atoms with Gasteiger partial charge in [-0.15, -0.1) is 11.3 Å². The highest BCUT2D eigenvalue weighted by atomic mass is 32.1. The van der Waals surface area contributed by atoms with Crippen LogP contribution >= 0.6 is 11.3 Å². The van der Waals surface area contributed by atoms with Gasteiger partial charge in [0.1, 0.15) is 10.8 Å². The summed E-state index contributed by atoms with van der Waals surface area (Å²) in [5.74, 6) is -1.76. The van der Waals surface area contributed by atoms with Crippen LogP contribution in [0.15, 0.2) is 29.6 Å². The Morgan fingerprint density at radius 1 is 1.35 bits per heavy atom. The highest BCUT2D eigenvalue weighted by molar-refractivity contribution is 7.13. The highest BCUT2D eigenvalue weighted by Crippen LogP contribution is 2.38. The van der Waals surface area contributed by atoms with Crippen LogP contribution in [0.5, 0.6) is 5.75 Å². The predicted molar refractivity (Wildman–Crippen MR) is 79.0 cm³/mol. The Morgan fingerprint density at radius 3 is 2.78 bits per heavy atom. The van der Waals surface area contributed by atoms with Crippen LogP contribution in [0, 0.1) is 0 Å². The van der Waals surface area contributed by atoms with Crippen LogP contribution in [0.3, 0.4) is 0 Å². The lowest BCUT2D eigenvalue weighted by Gasteiger charge is -2.24. The molecule has 0 radical (unpaired) electrons. The lowest BCUT2D eigenvalue weighted by atomic mass is 10.1. The van der Waals surface area contributed by atoms with Gasteiger partial charge >= 0.3 is 12.1 Å². The van der Waals surface area contributed by atoms with Gasteiger partial charge in [0, 0.05) is 11.9 Å². The molecule has 8 heteroatoms. The van der Waals surface area contributed by atoms with Crippen molar-refractivity contribution in [2.24, 2.45) is 0 Å². The number of aromatic nitrogens is 1. The third-order valence-corrected chi connectivity index (χ3v) is 4.65. The Kier molecular flexibility index (Phi) is 4.01. The van der Waals surface area contributed by atoms with Crippen LogP contribution < -0.4 is 0 Å². The van der Waals surface area contributed by atoms with Gasteiger partial charge in [-0.3, -0.25) is 4.79 Å². The van der Waals surface area contributed by atoms with Crippen molar-refractivity contribution < 1.29 is 23.1 Å². The number of benzene rings is 1. The van der Waals surface area contributed by atoms with E-state index in [-0.39, 0.29) is 12.3 Å². The second-order valence-electron chi connectivity index (χ2n) is 5.25. The summed E-state index contributed by atoms with van der Waals surface area (Å²) in [6.07, 6.45) is -3.92. The van der Waals surface area contributed by atoms with Gasteiger partial charge in [-0.2, -0.15) is 13.2 Å². The molecule has 0 aliphatic carbocycles. The second kappa shape index (κ2) is 5.84. The molecule has 1 N–H and O–H groups in total. The molecule has 2 heterocycles. The molecule has 122 valence electrons. The van der Waals surface area contributed by atoms with Crippen LogP contribution in [0.25, 0.3) is 10.6 Å². The Bertz CT molecular complexity index is 730. The number of nitrogens with zero attached hydrogens (tertiary/aromatic N) is 2. The summed E-state index contributed by atoms with van der Waals surface area (Å²) in [5, 5.41) is 12.0. The summed E-state index contributed by atoms with van der Waals surface area (Å²) < 4.78 is 38.0. The predicted octanol–water partition coefficient (Wildman–Crippen LogP) is 3.74. The topological polar surface area (TPSA) is 53.4 Å². The largest absolute Gasteiger partial charge is 0.507 e. The van der Waals surface area contributed by atoms with Gasteiger partial charge in [0.25, 0.3) is 0 Å². The molecule has 0 saturated carbocycles. The number of thiazole rings is 1. The van der Waals surface area contributed by atoms with E-state index in [1.165, 1.54) is 17.4 Å². The molecule has 1 aromatic heterocycles. The molecule has 1 aliphatic heterocycles. The van der Waals surface area contributed by atoms with E-state index in [1.54, 1.807) is 23.6 Å². The van der Waals surface area contributed by atoms with E-state index in [2.05, 4.69) is 4.98 Å². The number of carbonyl (C=O) groups excluding carboxylic acids is 1. The number of hydrogen-bond donors (Lipinski definition) is 1. The van der Waals surface area contributed by atoms with Crippen molar-refractivity contribution in [2.75, 3.05) is 6.54 Å². The maximum absolute atomic E-state index is 12.7. The zero-order valence-electron chi connectivity index (χ0n) is 11.9. The zero-order chi connectivity index (χ0) is 16.6. The number of carbonyl (C=O) groups is 1. The second-order valence-corrected chi connectivity index (χ2v) is 6.11. The summed E-state index contributed by atoms with van der Waals surface area (Å²) in [5.41, 5.74) is 0.957. The molecule has 1 aliphatic rings. The van der Waals surface area contributed by atoms with E-state index in [1.807, 2.05) is 0 Å². The Hall–Kier alpha value is -2.09. The minimum atomic E-state index is -4.88. The van der Waals surface area contributed by atoms with Gasteiger partial charge in [-0.25, -0.2) is 4.98 Å². The number of para-hydroxylation sites is 1. The number of amides is 1. The molecule has 0 spiro atoms. The summed E-state index contributed by atoms with van der Waals surface area (Å²) in [4.78, 5) is 16.7. The fourth-order valence-electron chi connectivity index (χ4n) is 2.70. The van der Waals surface area contributed by atoms with E-state index in [0.717, 1.165) is 4.90 Å². The van der Waals surface area contributed by atoms with Crippen molar-refractivity contribution in [1.82, 2.24) is 9.88 Å². The molecule has 1 saturated heterocycles. The maximum atomic E-state index is 12.7. The fourth-order valence-corrected chi connectivity index (χ4v) is 3.60. The molecule has 0 bridgehead atoms. The third kappa shape index (κ3) is 3.03. The minimum Gasteiger partial charge on any atom is -0.507 e. The first kappa shape index (κ1) is 15.8. The first-order valence-corrected chi connectivity index (χ1v) is 7.87. The minimum absolute atomic E-state index is 0.0584. The molecule has 1 fully saturated rings. The van der Waals surface area contributed by atoms with Crippen molar-refractivity contribution in [1.29, 1.82) is 0 Å². The van der Waals surface area contributed by atoms with Crippen molar-refractivity contribution >= 4 is 17.2 Å². The number of phenolic OH excluding ortho intramolecular Hbond substituents is 1. The molecule has 4 nitrogen and oxygen atoms in total. The fraction of sp³-hybridized carbons (Fsp3) is 0.333. The smallest absolute Gasteiger partial charge is 0.471 e. The van der Waals surface area contributed by atoms with E-state index >= 15 is 0 Å². The number of phenols is 1. The lowest BCUT2D eigenvalue weighted by Crippen LogP contribution is -2.40. The molecule has 3 rings (SSSR count). The van der Waals surface area contributed by atoms with Gasteiger partial charge in [0.15, 0.2) is 0 Å². The van der Waals surface area contributed by atoms with E-state index in [9.17, 15) is 23.1 Å². The van der Waals surface area contributed by atoms with Crippen molar-refractivity contribution in [3.8, 4) is 16.3 Å². The number of halogens is 3. The molecule has 23 heavy (non-hydrogen) atoms. The first-order chi connectivity index (χ1) is 10.9. The van der Waals surface area contributed by atoms with Gasteiger partial charge in [-0.05, 0) is 25.0 Å². The van der Waals surface area contributed by atoms with Gasteiger partial charge in [0.2, 0.25) is 0 Å². The number of likely N-dealkylation sites (tertiary alicyclic amines) is 1. The molecule has 0 unspecified atom stereocenters. The maximum Gasteiger partial charge on any atom is 0.471 e. The van der Waals surface area contributed by atoms with Crippen LogP contribution in [-0.4, -0.2) is 33.6 Å². The van der Waals surface area contributed by atoms with Crippen LogP contribution in [0.4, 0.5) is 13.2 Å². The Labute approximate surface area is 134 Å². The molecule has 1 amide bonds. The average Bonchev–Trinajstić information content (AvgIpc) is 3.14. The van der Waals surface area contributed by atoms with E-state index < -0.39 is 18.1 Å². The van der Waals surface area contributed by atoms with Crippen molar-refractivity contribution in [3.05, 3.63) is 35.3 Å². The lowest BCUT2D eigenvalue weighted by molar-refractivity contribution is -0.186. The van der Waals surface area contributed by atoms with Crippen LogP contribution in [0.2, 0.25) is 0 Å². The number of alkyl halides is 3. The van der Waals surface area contributed by atoms with Gasteiger partial charge in [-0.1, -0.05) is 12.1 Å². The zero-order valence-corrected chi connectivity index (χ0v) is 12.7. The summed E-state index contributed by atoms with van der Waals surface area (Å²) in [7, 11) is 0. The molecule has 2 aromatic rings. The van der Waals surface area contributed by atoms with E-state index in [0.29, 0.717) is 29.1 Å². The summed E-state index contributed by atoms with van der Waals surface area (Å²) in [6, 6.07) is 5.95. The standard InChI is InChI=1S/C15H13F3N2O2S/c16-15(17,18)14(22)20-7-3-5-11(20)10-8-23-13(19-10)9-4-1-2-6-12(9)21/h1-2,4,6,8,11,21H,3,5,7H2/t11-/m0/s1. The Morgan fingerprint density at radius 2 is 2.09 bits per heavy atom. The monoisotopic (exact) mass is 342 g/mol. The SMILES string of the molecule is O=C(N1CCC[C@H]1c1csc(-c2ccccc2O)n1)C(F)(F)F. The Balaban J connectivity index is 1.88. The number of rotatable bonds is 2. The molecular formula is C15H13F3N2O2S. The number of aromatic hydroxyl groups is 1. The van der Waals surface area contributed by atoms with Gasteiger partial charge < -0.3 is 10.0 Å². The normalized spacial score (nSPS) is 18.4. The highest BCUT2D eigenvalue weighted by Gasteiger charge is 2.46. The third-order valence-electron chi connectivity index (χ3n) is 3.75. The summed E-state index contributed by atoms with van der Waals surface area (Å²) in [6.45, 7) is 0.0759. The summed E-state index contributed by atoms with van der Waals surface area (Å²) >= 11 is 1.23. The quantitative estimate of drug-likeness (QED) is 0.904. The van der Waals surface area contributed by atoms with Crippen molar-refractivity contribution in [2.45, 2.75) is 25.1 Å². The molecule has 1 aromatic carbocycles. The van der Waals surface area contributed by atoms with Crippen LogP contribution in [-0.2, 0) is 4.79 Å². The molecule has 1 atom stereocenters. The first-order valence-electron chi connectivity index (χ1n) is 6.99.